The number of hydrogen-bond acceptors (Lipinski definition) is 2. The van der Waals surface area contributed by atoms with Crippen molar-refractivity contribution in [3.63, 3.8) is 0 Å². The molecule has 1 aliphatic rings. The Kier molecular flexibility index (Phi) is 5.58. The molecule has 2 amide bonds. The van der Waals surface area contributed by atoms with Gasteiger partial charge in [0.2, 0.25) is 11.8 Å². The minimum absolute atomic E-state index is 0.0998. The quantitative estimate of drug-likeness (QED) is 0.776. The fourth-order valence-electron chi connectivity index (χ4n) is 2.89. The van der Waals surface area contributed by atoms with Crippen molar-refractivity contribution in [2.24, 2.45) is 11.8 Å². The molecule has 0 spiro atoms. The molecule has 1 aromatic rings. The van der Waals surface area contributed by atoms with Gasteiger partial charge in [-0.3, -0.25) is 9.59 Å². The van der Waals surface area contributed by atoms with Crippen LogP contribution in [0.4, 0.5) is 0 Å². The van der Waals surface area contributed by atoms with Crippen molar-refractivity contribution in [3.05, 3.63) is 35.9 Å². The molecule has 2 atom stereocenters. The van der Waals surface area contributed by atoms with Gasteiger partial charge in [-0.1, -0.05) is 30.3 Å². The zero-order chi connectivity index (χ0) is 16.1. The number of rotatable bonds is 7. The first-order valence-electron chi connectivity index (χ1n) is 8.23. The summed E-state index contributed by atoms with van der Waals surface area (Å²) in [7, 11) is 0. The number of nitrogens with zero attached hydrogens (tertiary/aromatic N) is 2. The molecule has 22 heavy (non-hydrogen) atoms. The Labute approximate surface area is 133 Å². The van der Waals surface area contributed by atoms with Crippen LogP contribution in [0.15, 0.2) is 30.3 Å². The molecule has 2 unspecified atom stereocenters. The summed E-state index contributed by atoms with van der Waals surface area (Å²) in [6, 6.07) is 10.00. The maximum atomic E-state index is 12.6. The molecule has 0 bridgehead atoms. The molecule has 0 aliphatic heterocycles. The summed E-state index contributed by atoms with van der Waals surface area (Å²) in [4.78, 5) is 28.6. The van der Waals surface area contributed by atoms with Gasteiger partial charge in [0.05, 0.1) is 11.8 Å². The number of carbonyl (C=O) groups excluding carboxylic acids is 2. The SMILES string of the molecule is CCN(CC)C(=O)C1CC1C(=O)N(CC)Cc1ccccc1. The summed E-state index contributed by atoms with van der Waals surface area (Å²) >= 11 is 0. The van der Waals surface area contributed by atoms with E-state index in [9.17, 15) is 9.59 Å². The Morgan fingerprint density at radius 2 is 1.41 bits per heavy atom. The Morgan fingerprint density at radius 3 is 1.91 bits per heavy atom. The predicted molar refractivity (Wildman–Crippen MR) is 87.1 cm³/mol. The summed E-state index contributed by atoms with van der Waals surface area (Å²) in [5.74, 6) is 0.0463. The van der Waals surface area contributed by atoms with E-state index in [2.05, 4.69) is 0 Å². The molecule has 0 saturated heterocycles. The fraction of sp³-hybridized carbons (Fsp3) is 0.556. The van der Waals surface area contributed by atoms with Crippen molar-refractivity contribution in [2.45, 2.75) is 33.7 Å². The lowest BCUT2D eigenvalue weighted by atomic mass is 10.2. The van der Waals surface area contributed by atoms with E-state index in [0.29, 0.717) is 32.6 Å². The average molecular weight is 302 g/mol. The fourth-order valence-corrected chi connectivity index (χ4v) is 2.89. The molecule has 0 aromatic heterocycles. The summed E-state index contributed by atoms with van der Waals surface area (Å²) < 4.78 is 0. The highest BCUT2D eigenvalue weighted by Crippen LogP contribution is 2.41. The monoisotopic (exact) mass is 302 g/mol. The van der Waals surface area contributed by atoms with Crippen molar-refractivity contribution in [1.82, 2.24) is 9.80 Å². The second kappa shape index (κ2) is 7.43. The van der Waals surface area contributed by atoms with Crippen LogP contribution in [0.25, 0.3) is 0 Å². The van der Waals surface area contributed by atoms with E-state index in [-0.39, 0.29) is 23.7 Å². The topological polar surface area (TPSA) is 40.6 Å². The standard InChI is InChI=1S/C18H26N2O2/c1-4-19(5-2)17(21)15-12-16(15)18(22)20(6-3)13-14-10-8-7-9-11-14/h7-11,15-16H,4-6,12-13H2,1-3H3. The van der Waals surface area contributed by atoms with Crippen LogP contribution >= 0.6 is 0 Å². The normalized spacial score (nSPS) is 19.6. The molecule has 4 nitrogen and oxygen atoms in total. The number of benzene rings is 1. The van der Waals surface area contributed by atoms with Crippen LogP contribution in [0.3, 0.4) is 0 Å². The van der Waals surface area contributed by atoms with Gasteiger partial charge >= 0.3 is 0 Å². The molecule has 4 heteroatoms. The van der Waals surface area contributed by atoms with Gasteiger partial charge in [0.15, 0.2) is 0 Å². The molecule has 1 saturated carbocycles. The third kappa shape index (κ3) is 3.67. The van der Waals surface area contributed by atoms with Crippen molar-refractivity contribution < 1.29 is 9.59 Å². The number of carbonyl (C=O) groups is 2. The van der Waals surface area contributed by atoms with Gasteiger partial charge in [-0.25, -0.2) is 0 Å². The van der Waals surface area contributed by atoms with Gasteiger partial charge < -0.3 is 9.80 Å². The van der Waals surface area contributed by atoms with E-state index in [4.69, 9.17) is 0 Å². The molecule has 120 valence electrons. The summed E-state index contributed by atoms with van der Waals surface area (Å²) in [6.07, 6.45) is 0.708. The largest absolute Gasteiger partial charge is 0.343 e. The summed E-state index contributed by atoms with van der Waals surface area (Å²) in [6.45, 7) is 8.69. The van der Waals surface area contributed by atoms with Crippen molar-refractivity contribution >= 4 is 11.8 Å². The van der Waals surface area contributed by atoms with Crippen LogP contribution in [0, 0.1) is 11.8 Å². The highest BCUT2D eigenvalue weighted by Gasteiger charge is 2.50. The first-order chi connectivity index (χ1) is 10.6. The molecule has 1 fully saturated rings. The van der Waals surface area contributed by atoms with Crippen LogP contribution in [-0.4, -0.2) is 41.2 Å². The van der Waals surface area contributed by atoms with Crippen LogP contribution in [0.5, 0.6) is 0 Å². The summed E-state index contributed by atoms with van der Waals surface area (Å²) in [5.41, 5.74) is 1.13. The second-order valence-corrected chi connectivity index (χ2v) is 5.80. The molecule has 0 N–H and O–H groups in total. The summed E-state index contributed by atoms with van der Waals surface area (Å²) in [5, 5.41) is 0. The minimum Gasteiger partial charge on any atom is -0.343 e. The first-order valence-corrected chi connectivity index (χ1v) is 8.23. The van der Waals surface area contributed by atoms with Gasteiger partial charge in [-0.2, -0.15) is 0 Å². The van der Waals surface area contributed by atoms with E-state index in [1.54, 1.807) is 0 Å². The Morgan fingerprint density at radius 1 is 0.909 bits per heavy atom. The molecule has 1 aromatic carbocycles. The third-order valence-electron chi connectivity index (χ3n) is 4.41. The molecular weight excluding hydrogens is 276 g/mol. The van der Waals surface area contributed by atoms with Crippen LogP contribution in [-0.2, 0) is 16.1 Å². The van der Waals surface area contributed by atoms with E-state index in [1.807, 2.05) is 60.9 Å². The van der Waals surface area contributed by atoms with Gasteiger partial charge in [0.25, 0.3) is 0 Å². The van der Waals surface area contributed by atoms with Gasteiger partial charge in [-0.15, -0.1) is 0 Å². The number of amides is 2. The van der Waals surface area contributed by atoms with Crippen molar-refractivity contribution in [1.29, 1.82) is 0 Å². The molecule has 0 heterocycles. The molecule has 2 rings (SSSR count). The Bertz CT molecular complexity index is 511. The van der Waals surface area contributed by atoms with E-state index in [0.717, 1.165) is 5.56 Å². The lowest BCUT2D eigenvalue weighted by molar-refractivity contribution is -0.138. The maximum Gasteiger partial charge on any atom is 0.226 e. The average Bonchev–Trinajstić information content (AvgIpc) is 3.34. The van der Waals surface area contributed by atoms with Gasteiger partial charge in [-0.05, 0) is 32.8 Å². The second-order valence-electron chi connectivity index (χ2n) is 5.80. The smallest absolute Gasteiger partial charge is 0.226 e. The third-order valence-corrected chi connectivity index (χ3v) is 4.41. The van der Waals surface area contributed by atoms with Crippen molar-refractivity contribution in [2.75, 3.05) is 19.6 Å². The van der Waals surface area contributed by atoms with Crippen molar-refractivity contribution in [3.8, 4) is 0 Å². The van der Waals surface area contributed by atoms with Crippen LogP contribution in [0.1, 0.15) is 32.8 Å². The molecular formula is C18H26N2O2. The number of hydrogen-bond donors (Lipinski definition) is 0. The minimum atomic E-state index is -0.114. The maximum absolute atomic E-state index is 12.6. The van der Waals surface area contributed by atoms with Gasteiger partial charge in [0.1, 0.15) is 0 Å². The molecule has 1 aliphatic carbocycles. The zero-order valence-corrected chi connectivity index (χ0v) is 13.8. The Balaban J connectivity index is 1.95. The predicted octanol–water partition coefficient (Wildman–Crippen LogP) is 2.54. The van der Waals surface area contributed by atoms with Crippen LogP contribution < -0.4 is 0 Å². The highest BCUT2D eigenvalue weighted by molar-refractivity contribution is 5.92. The lowest BCUT2D eigenvalue weighted by Gasteiger charge is -2.22. The Hall–Kier alpha value is -1.84. The highest BCUT2D eigenvalue weighted by atomic mass is 16.2. The lowest BCUT2D eigenvalue weighted by Crippen LogP contribution is -2.35. The molecule has 0 radical (unpaired) electrons. The van der Waals surface area contributed by atoms with Crippen LogP contribution in [0.2, 0.25) is 0 Å². The van der Waals surface area contributed by atoms with E-state index in [1.165, 1.54) is 0 Å². The van der Waals surface area contributed by atoms with Gasteiger partial charge in [0, 0.05) is 26.2 Å². The zero-order valence-electron chi connectivity index (χ0n) is 13.8. The van der Waals surface area contributed by atoms with E-state index >= 15 is 0 Å². The first kappa shape index (κ1) is 16.5. The van der Waals surface area contributed by atoms with E-state index < -0.39 is 0 Å².